The van der Waals surface area contributed by atoms with Crippen LogP contribution in [0.1, 0.15) is 5.56 Å². The van der Waals surface area contributed by atoms with E-state index in [1.54, 1.807) is 24.3 Å². The van der Waals surface area contributed by atoms with Crippen molar-refractivity contribution in [3.63, 3.8) is 0 Å². The summed E-state index contributed by atoms with van der Waals surface area (Å²) < 4.78 is 74.8. The van der Waals surface area contributed by atoms with E-state index in [0.29, 0.717) is 17.6 Å². The molecule has 0 saturated carbocycles. The first kappa shape index (κ1) is 20.6. The summed E-state index contributed by atoms with van der Waals surface area (Å²) in [5.74, 6) is 6.16. The van der Waals surface area contributed by atoms with Gasteiger partial charge in [-0.25, -0.2) is 8.42 Å². The molecule has 0 unspecified atom stereocenters. The van der Waals surface area contributed by atoms with Crippen molar-refractivity contribution >= 4 is 10.0 Å². The number of halogens is 3. The molecule has 0 bridgehead atoms. The van der Waals surface area contributed by atoms with Gasteiger partial charge in [-0.3, -0.25) is 0 Å². The lowest BCUT2D eigenvalue weighted by Gasteiger charge is -2.09. The van der Waals surface area contributed by atoms with Crippen molar-refractivity contribution in [1.29, 1.82) is 0 Å². The Hall–Kier alpha value is -2.70. The molecule has 0 aliphatic carbocycles. The van der Waals surface area contributed by atoms with Crippen molar-refractivity contribution in [1.82, 2.24) is 4.72 Å². The van der Waals surface area contributed by atoms with Crippen molar-refractivity contribution in [2.45, 2.75) is 11.1 Å². The van der Waals surface area contributed by atoms with Gasteiger partial charge in [0.2, 0.25) is 10.0 Å². The van der Waals surface area contributed by atoms with E-state index in [4.69, 9.17) is 9.47 Å². The van der Waals surface area contributed by atoms with Gasteiger partial charge in [0.15, 0.2) is 11.5 Å². The average Bonchev–Trinajstić information content (AvgIpc) is 2.64. The second-order valence-corrected chi connectivity index (χ2v) is 6.91. The van der Waals surface area contributed by atoms with Crippen LogP contribution < -0.4 is 14.2 Å². The zero-order chi connectivity index (χ0) is 19.9. The maximum Gasteiger partial charge on any atom is 0.416 e. The molecule has 0 amide bonds. The van der Waals surface area contributed by atoms with E-state index in [2.05, 4.69) is 16.6 Å². The minimum atomic E-state index is -4.62. The van der Waals surface area contributed by atoms with Crippen LogP contribution in [0.4, 0.5) is 13.2 Å². The number of benzene rings is 2. The van der Waals surface area contributed by atoms with Gasteiger partial charge in [0.25, 0.3) is 0 Å². The molecule has 27 heavy (non-hydrogen) atoms. The van der Waals surface area contributed by atoms with E-state index in [1.807, 2.05) is 0 Å². The molecule has 0 aromatic heterocycles. The maximum absolute atomic E-state index is 12.7. The van der Waals surface area contributed by atoms with Gasteiger partial charge in [0, 0.05) is 0 Å². The fourth-order valence-corrected chi connectivity index (χ4v) is 2.99. The van der Waals surface area contributed by atoms with Gasteiger partial charge in [-0.15, -0.1) is 0 Å². The van der Waals surface area contributed by atoms with Crippen LogP contribution in [0.3, 0.4) is 0 Å². The monoisotopic (exact) mass is 399 g/mol. The molecule has 1 N–H and O–H groups in total. The van der Waals surface area contributed by atoms with Crippen LogP contribution in [0.25, 0.3) is 0 Å². The molecule has 0 heterocycles. The Morgan fingerprint density at radius 3 is 2.41 bits per heavy atom. The number of hydrogen-bond acceptors (Lipinski definition) is 4. The summed E-state index contributed by atoms with van der Waals surface area (Å²) in [6.45, 7) is -0.278. The lowest BCUT2D eigenvalue weighted by molar-refractivity contribution is -0.137. The fraction of sp³-hybridized carbons (Fsp3) is 0.222. The molecule has 0 spiro atoms. The predicted molar refractivity (Wildman–Crippen MR) is 92.9 cm³/mol. The minimum Gasteiger partial charge on any atom is -0.493 e. The van der Waals surface area contributed by atoms with Crippen molar-refractivity contribution in [2.24, 2.45) is 0 Å². The third-order valence-corrected chi connectivity index (χ3v) is 4.72. The van der Waals surface area contributed by atoms with Gasteiger partial charge in [-0.2, -0.15) is 17.9 Å². The topological polar surface area (TPSA) is 64.6 Å². The molecule has 0 aliphatic rings. The quantitative estimate of drug-likeness (QED) is 0.759. The third kappa shape index (κ3) is 5.91. The summed E-state index contributed by atoms with van der Waals surface area (Å²) >= 11 is 0. The molecule has 0 aliphatic heterocycles. The molecule has 0 saturated heterocycles. The summed E-state index contributed by atoms with van der Waals surface area (Å²) in [5, 5.41) is 0. The Morgan fingerprint density at radius 1 is 1.04 bits per heavy atom. The van der Waals surface area contributed by atoms with Crippen molar-refractivity contribution < 1.29 is 31.1 Å². The zero-order valence-corrected chi connectivity index (χ0v) is 15.0. The highest BCUT2D eigenvalue weighted by molar-refractivity contribution is 7.89. The Kier molecular flexibility index (Phi) is 6.71. The Bertz CT molecular complexity index is 947. The van der Waals surface area contributed by atoms with Gasteiger partial charge in [-0.1, -0.05) is 30.0 Å². The van der Waals surface area contributed by atoms with Gasteiger partial charge in [-0.05, 0) is 30.3 Å². The lowest BCUT2D eigenvalue weighted by atomic mass is 10.2. The first-order valence-corrected chi connectivity index (χ1v) is 9.11. The summed E-state index contributed by atoms with van der Waals surface area (Å²) in [6, 6.07) is 10.4. The molecule has 0 fully saturated rings. The Morgan fingerprint density at radius 2 is 1.74 bits per heavy atom. The van der Waals surface area contributed by atoms with Crippen LogP contribution in [0.2, 0.25) is 0 Å². The summed E-state index contributed by atoms with van der Waals surface area (Å²) in [7, 11) is -2.61. The number of sulfonamides is 1. The molecule has 2 aromatic carbocycles. The molecule has 2 rings (SSSR count). The molecule has 144 valence electrons. The predicted octanol–water partition coefficient (Wildman–Crippen LogP) is 3.07. The SMILES string of the molecule is COc1ccccc1OCC#CCNS(=O)(=O)c1cccc(C(F)(F)F)c1. The molecule has 0 radical (unpaired) electrons. The fourth-order valence-electron chi connectivity index (χ4n) is 2.02. The maximum atomic E-state index is 12.7. The number of alkyl halides is 3. The molecule has 5 nitrogen and oxygen atoms in total. The molecule has 2 aromatic rings. The number of hydrogen-bond donors (Lipinski definition) is 1. The molecular formula is C18H16F3NO4S. The normalized spacial score (nSPS) is 11.4. The van der Waals surface area contributed by atoms with Crippen LogP contribution in [0.5, 0.6) is 11.5 Å². The van der Waals surface area contributed by atoms with E-state index >= 15 is 0 Å². The van der Waals surface area contributed by atoms with Gasteiger partial charge in [0.05, 0.1) is 24.1 Å². The van der Waals surface area contributed by atoms with E-state index in [1.165, 1.54) is 7.11 Å². The number of rotatable bonds is 6. The first-order chi connectivity index (χ1) is 12.7. The number of methoxy groups -OCH3 is 1. The van der Waals surface area contributed by atoms with Gasteiger partial charge >= 0.3 is 6.18 Å². The van der Waals surface area contributed by atoms with Gasteiger partial charge in [0.1, 0.15) is 6.61 Å². The zero-order valence-electron chi connectivity index (χ0n) is 14.2. The number of ether oxygens (including phenoxy) is 2. The van der Waals surface area contributed by atoms with Crippen LogP contribution in [0, 0.1) is 11.8 Å². The average molecular weight is 399 g/mol. The summed E-state index contributed by atoms with van der Waals surface area (Å²) in [6.07, 6.45) is -4.62. The third-order valence-electron chi connectivity index (χ3n) is 3.32. The second-order valence-electron chi connectivity index (χ2n) is 5.14. The Labute approximate surface area is 155 Å². The standard InChI is InChI=1S/C18H16F3NO4S/c1-25-16-9-2-3-10-17(16)26-12-5-4-11-22-27(23,24)15-8-6-7-14(13-15)18(19,20)21/h2-3,6-10,13,22H,11-12H2,1H3. The molecule has 0 atom stereocenters. The van der Waals surface area contributed by atoms with Crippen LogP contribution in [-0.2, 0) is 16.2 Å². The van der Waals surface area contributed by atoms with Gasteiger partial charge < -0.3 is 9.47 Å². The van der Waals surface area contributed by atoms with Crippen molar-refractivity contribution in [3.05, 3.63) is 54.1 Å². The lowest BCUT2D eigenvalue weighted by Crippen LogP contribution is -2.24. The largest absolute Gasteiger partial charge is 0.493 e. The van der Waals surface area contributed by atoms with Crippen LogP contribution >= 0.6 is 0 Å². The highest BCUT2D eigenvalue weighted by atomic mass is 32.2. The summed E-state index contributed by atoms with van der Waals surface area (Å²) in [5.41, 5.74) is -1.04. The highest BCUT2D eigenvalue weighted by Gasteiger charge is 2.31. The van der Waals surface area contributed by atoms with Crippen molar-refractivity contribution in [2.75, 3.05) is 20.3 Å². The Balaban J connectivity index is 1.92. The molecule has 9 heteroatoms. The van der Waals surface area contributed by atoms with E-state index in [9.17, 15) is 21.6 Å². The van der Waals surface area contributed by atoms with Crippen LogP contribution in [-0.4, -0.2) is 28.7 Å². The highest BCUT2D eigenvalue weighted by Crippen LogP contribution is 2.30. The first-order valence-electron chi connectivity index (χ1n) is 7.62. The summed E-state index contributed by atoms with van der Waals surface area (Å²) in [4.78, 5) is -0.482. The second kappa shape index (κ2) is 8.79. The number of nitrogens with one attached hydrogen (secondary N) is 1. The van der Waals surface area contributed by atoms with Crippen molar-refractivity contribution in [3.8, 4) is 23.3 Å². The van der Waals surface area contributed by atoms with E-state index in [0.717, 1.165) is 18.2 Å². The van der Waals surface area contributed by atoms with Crippen LogP contribution in [0.15, 0.2) is 53.4 Å². The molecular weight excluding hydrogens is 383 g/mol. The van der Waals surface area contributed by atoms with E-state index < -0.39 is 26.7 Å². The minimum absolute atomic E-state index is 0.00827. The smallest absolute Gasteiger partial charge is 0.416 e. The number of para-hydroxylation sites is 2. The van der Waals surface area contributed by atoms with E-state index in [-0.39, 0.29) is 13.2 Å².